The summed E-state index contributed by atoms with van der Waals surface area (Å²) in [7, 11) is 1.30. The smallest absolute Gasteiger partial charge is 0.407 e. The Morgan fingerprint density at radius 1 is 1.28 bits per heavy atom. The van der Waals surface area contributed by atoms with Crippen molar-refractivity contribution in [2.45, 2.75) is 0 Å². The van der Waals surface area contributed by atoms with E-state index >= 15 is 0 Å². The lowest BCUT2D eigenvalue weighted by Crippen LogP contribution is -2.39. The number of halogens is 2. The standard InChI is InChI=1S/C20H20BrFN6O4/c1-28(20(30)31)9-18(29)24-4-5-32-17-8-16-12(7-14(17)23)19(26-10-25-16)27-15-3-2-11(21)6-13(15)22/h2-3,6-8,10H,4-5,9,23H2,1H3,(H,24,29)(H,30,31)(H,25,26,27). The van der Waals surface area contributed by atoms with E-state index in [-0.39, 0.29) is 25.4 Å². The van der Waals surface area contributed by atoms with E-state index in [2.05, 4.69) is 36.5 Å². The van der Waals surface area contributed by atoms with E-state index in [1.54, 1.807) is 24.3 Å². The van der Waals surface area contributed by atoms with Crippen LogP contribution in [0.5, 0.6) is 5.75 Å². The summed E-state index contributed by atoms with van der Waals surface area (Å²) in [5, 5.41) is 14.8. The molecule has 2 aromatic carbocycles. The number of hydrogen-bond acceptors (Lipinski definition) is 7. The summed E-state index contributed by atoms with van der Waals surface area (Å²) in [5.74, 6) is -0.164. The highest BCUT2D eigenvalue weighted by Gasteiger charge is 2.13. The second-order valence-corrected chi connectivity index (χ2v) is 7.63. The fraction of sp³-hybridized carbons (Fsp3) is 0.200. The molecule has 2 amide bonds. The van der Waals surface area contributed by atoms with Crippen molar-refractivity contribution in [2.75, 3.05) is 37.8 Å². The highest BCUT2D eigenvalue weighted by molar-refractivity contribution is 9.10. The predicted octanol–water partition coefficient (Wildman–Crippen LogP) is 2.96. The fourth-order valence-electron chi connectivity index (χ4n) is 2.73. The van der Waals surface area contributed by atoms with Crippen LogP contribution in [0.1, 0.15) is 0 Å². The number of benzene rings is 2. The molecular formula is C20H20BrFN6O4. The second-order valence-electron chi connectivity index (χ2n) is 6.72. The minimum Gasteiger partial charge on any atom is -0.490 e. The fourth-order valence-corrected chi connectivity index (χ4v) is 3.07. The number of hydrogen-bond donors (Lipinski definition) is 4. The molecule has 32 heavy (non-hydrogen) atoms. The van der Waals surface area contributed by atoms with Gasteiger partial charge >= 0.3 is 6.09 Å². The quantitative estimate of drug-likeness (QED) is 0.269. The van der Waals surface area contributed by atoms with Crippen LogP contribution in [-0.4, -0.2) is 58.7 Å². The molecule has 3 aromatic rings. The lowest BCUT2D eigenvalue weighted by atomic mass is 10.2. The molecule has 0 atom stereocenters. The van der Waals surface area contributed by atoms with Gasteiger partial charge in [-0.1, -0.05) is 15.9 Å². The summed E-state index contributed by atoms with van der Waals surface area (Å²) >= 11 is 3.22. The van der Waals surface area contributed by atoms with Crippen LogP contribution in [0, 0.1) is 5.82 Å². The topological polar surface area (TPSA) is 143 Å². The number of rotatable bonds is 8. The molecule has 168 valence electrons. The molecular weight excluding hydrogens is 487 g/mol. The number of carbonyl (C=O) groups is 2. The number of ether oxygens (including phenoxy) is 1. The van der Waals surface area contributed by atoms with Crippen LogP contribution in [0.2, 0.25) is 0 Å². The number of anilines is 3. The maximum absolute atomic E-state index is 14.2. The predicted molar refractivity (Wildman–Crippen MR) is 120 cm³/mol. The molecule has 0 fully saturated rings. The summed E-state index contributed by atoms with van der Waals surface area (Å²) in [6.07, 6.45) is 0.139. The molecule has 5 N–H and O–H groups in total. The number of aromatic nitrogens is 2. The molecule has 0 saturated carbocycles. The summed E-state index contributed by atoms with van der Waals surface area (Å²) < 4.78 is 20.4. The number of nitrogens with one attached hydrogen (secondary N) is 2. The van der Waals surface area contributed by atoms with Crippen molar-refractivity contribution in [3.05, 3.63) is 46.9 Å². The first-order chi connectivity index (χ1) is 15.2. The average molecular weight is 507 g/mol. The zero-order valence-electron chi connectivity index (χ0n) is 16.9. The number of amides is 2. The Labute approximate surface area is 190 Å². The van der Waals surface area contributed by atoms with Crippen molar-refractivity contribution in [1.29, 1.82) is 0 Å². The van der Waals surface area contributed by atoms with Crippen LogP contribution in [0.15, 0.2) is 41.1 Å². The third-order valence-electron chi connectivity index (χ3n) is 4.34. The van der Waals surface area contributed by atoms with Crippen LogP contribution in [0.3, 0.4) is 0 Å². The molecule has 1 heterocycles. The van der Waals surface area contributed by atoms with Crippen LogP contribution < -0.4 is 21.1 Å². The Kier molecular flexibility index (Phi) is 7.25. The summed E-state index contributed by atoms with van der Waals surface area (Å²) in [4.78, 5) is 31.7. The first kappa shape index (κ1) is 23.0. The van der Waals surface area contributed by atoms with Gasteiger partial charge in [0, 0.05) is 23.0 Å². The summed E-state index contributed by atoms with van der Waals surface area (Å²) in [5.41, 5.74) is 7.17. The molecule has 0 aliphatic carbocycles. The van der Waals surface area contributed by atoms with E-state index in [0.717, 1.165) is 4.90 Å². The molecule has 0 saturated heterocycles. The number of carbonyl (C=O) groups excluding carboxylic acids is 1. The van der Waals surface area contributed by atoms with Crippen LogP contribution in [0.4, 0.5) is 26.4 Å². The number of nitrogen functional groups attached to an aromatic ring is 1. The van der Waals surface area contributed by atoms with E-state index in [0.29, 0.717) is 32.6 Å². The monoisotopic (exact) mass is 506 g/mol. The van der Waals surface area contributed by atoms with Crippen LogP contribution in [0.25, 0.3) is 10.9 Å². The van der Waals surface area contributed by atoms with Gasteiger partial charge in [0.2, 0.25) is 5.91 Å². The first-order valence-corrected chi connectivity index (χ1v) is 10.1. The van der Waals surface area contributed by atoms with Crippen molar-refractivity contribution in [3.8, 4) is 5.75 Å². The van der Waals surface area contributed by atoms with E-state index in [1.807, 2.05) is 0 Å². The SMILES string of the molecule is CN(CC(=O)NCCOc1cc2ncnc(Nc3ccc(Br)cc3F)c2cc1N)C(=O)O. The summed E-state index contributed by atoms with van der Waals surface area (Å²) in [6.45, 7) is -0.0131. The van der Waals surface area contributed by atoms with Crippen molar-refractivity contribution in [3.63, 3.8) is 0 Å². The van der Waals surface area contributed by atoms with Crippen molar-refractivity contribution >= 4 is 56.0 Å². The van der Waals surface area contributed by atoms with Crippen molar-refractivity contribution in [1.82, 2.24) is 20.2 Å². The number of likely N-dealkylation sites (N-methyl/N-ethyl adjacent to an activating group) is 1. The lowest BCUT2D eigenvalue weighted by molar-refractivity contribution is -0.121. The van der Waals surface area contributed by atoms with Gasteiger partial charge in [0.05, 0.1) is 23.4 Å². The maximum atomic E-state index is 14.2. The molecule has 0 bridgehead atoms. The largest absolute Gasteiger partial charge is 0.490 e. The third-order valence-corrected chi connectivity index (χ3v) is 4.83. The molecule has 0 aliphatic rings. The Hall–Kier alpha value is -3.67. The Morgan fingerprint density at radius 3 is 2.78 bits per heavy atom. The molecule has 0 spiro atoms. The maximum Gasteiger partial charge on any atom is 0.407 e. The normalized spacial score (nSPS) is 10.6. The number of carboxylic acid groups (broad SMARTS) is 1. The van der Waals surface area contributed by atoms with Gasteiger partial charge in [0.1, 0.15) is 36.9 Å². The van der Waals surface area contributed by atoms with Crippen molar-refractivity contribution < 1.29 is 23.8 Å². The van der Waals surface area contributed by atoms with Crippen LogP contribution in [-0.2, 0) is 4.79 Å². The van der Waals surface area contributed by atoms with Gasteiger partial charge < -0.3 is 31.1 Å². The zero-order valence-corrected chi connectivity index (χ0v) is 18.5. The minimum absolute atomic E-state index is 0.110. The van der Waals surface area contributed by atoms with E-state index in [9.17, 15) is 14.0 Å². The van der Waals surface area contributed by atoms with Crippen LogP contribution >= 0.6 is 15.9 Å². The van der Waals surface area contributed by atoms with E-state index in [4.69, 9.17) is 15.6 Å². The van der Waals surface area contributed by atoms with E-state index in [1.165, 1.54) is 19.4 Å². The van der Waals surface area contributed by atoms with Gasteiger partial charge in [-0.2, -0.15) is 0 Å². The number of nitrogens with zero attached hydrogens (tertiary/aromatic N) is 3. The summed E-state index contributed by atoms with van der Waals surface area (Å²) in [6, 6.07) is 7.86. The highest BCUT2D eigenvalue weighted by atomic mass is 79.9. The Balaban J connectivity index is 1.67. The highest BCUT2D eigenvalue weighted by Crippen LogP contribution is 2.32. The van der Waals surface area contributed by atoms with Gasteiger partial charge in [0.15, 0.2) is 0 Å². The number of fused-ring (bicyclic) bond motifs is 1. The third kappa shape index (κ3) is 5.72. The van der Waals surface area contributed by atoms with Gasteiger partial charge in [-0.3, -0.25) is 4.79 Å². The molecule has 12 heteroatoms. The van der Waals surface area contributed by atoms with Gasteiger partial charge in [-0.05, 0) is 24.3 Å². The van der Waals surface area contributed by atoms with Gasteiger partial charge in [-0.25, -0.2) is 19.2 Å². The zero-order chi connectivity index (χ0) is 23.3. The number of nitrogens with two attached hydrogens (primary N) is 1. The minimum atomic E-state index is -1.20. The Morgan fingerprint density at radius 2 is 2.06 bits per heavy atom. The lowest BCUT2D eigenvalue weighted by Gasteiger charge is -2.14. The first-order valence-electron chi connectivity index (χ1n) is 9.34. The average Bonchev–Trinajstić information content (AvgIpc) is 2.73. The Bertz CT molecular complexity index is 1160. The molecule has 1 aromatic heterocycles. The molecule has 10 nitrogen and oxygen atoms in total. The van der Waals surface area contributed by atoms with Crippen molar-refractivity contribution in [2.24, 2.45) is 0 Å². The van der Waals surface area contributed by atoms with Gasteiger partial charge in [0.25, 0.3) is 0 Å². The second kappa shape index (κ2) is 10.1. The van der Waals surface area contributed by atoms with E-state index < -0.39 is 17.8 Å². The molecule has 3 rings (SSSR count). The molecule has 0 aliphatic heterocycles. The van der Waals surface area contributed by atoms with Gasteiger partial charge in [-0.15, -0.1) is 0 Å². The molecule has 0 radical (unpaired) electrons. The molecule has 0 unspecified atom stereocenters.